The van der Waals surface area contributed by atoms with Crippen LogP contribution in [0.1, 0.15) is 62.0 Å². The van der Waals surface area contributed by atoms with Crippen LogP contribution in [-0.2, 0) is 4.79 Å². The Labute approximate surface area is 149 Å². The van der Waals surface area contributed by atoms with Crippen LogP contribution < -0.4 is 5.32 Å². The Hall–Kier alpha value is -2.05. The zero-order valence-electron chi connectivity index (χ0n) is 15.5. The van der Waals surface area contributed by atoms with Gasteiger partial charge >= 0.3 is 6.03 Å². The first-order valence-corrected chi connectivity index (χ1v) is 9.36. The second-order valence-corrected chi connectivity index (χ2v) is 7.26. The SMILES string of the molecule is Cc1n[nH]c(C)c1[C@@H]1CCCN1C(=O)N[C@@H](C)C(=O)N1CCCCC1. The summed E-state index contributed by atoms with van der Waals surface area (Å²) in [6.45, 7) is 8.07. The number of amides is 3. The maximum absolute atomic E-state index is 12.8. The van der Waals surface area contributed by atoms with Crippen molar-refractivity contribution >= 4 is 11.9 Å². The molecule has 0 bridgehead atoms. The standard InChI is InChI=1S/C18H29N5O2/c1-12-16(13(2)21-20-12)15-8-7-11-23(15)18(25)19-14(3)17(24)22-9-5-4-6-10-22/h14-15H,4-11H2,1-3H3,(H,19,25)(H,20,21)/t14-,15-/m0/s1. The van der Waals surface area contributed by atoms with Crippen LogP contribution >= 0.6 is 0 Å². The molecule has 3 rings (SSSR count). The van der Waals surface area contributed by atoms with Crippen molar-refractivity contribution < 1.29 is 9.59 Å². The zero-order valence-corrected chi connectivity index (χ0v) is 15.5. The molecule has 0 spiro atoms. The van der Waals surface area contributed by atoms with E-state index in [1.54, 1.807) is 6.92 Å². The minimum absolute atomic E-state index is 0.0273. The molecule has 0 radical (unpaired) electrons. The van der Waals surface area contributed by atoms with Gasteiger partial charge in [-0.3, -0.25) is 9.89 Å². The number of hydrogen-bond donors (Lipinski definition) is 2. The Morgan fingerprint density at radius 2 is 1.88 bits per heavy atom. The number of rotatable bonds is 3. The molecule has 0 aromatic carbocycles. The maximum atomic E-state index is 12.8. The fourth-order valence-corrected chi connectivity index (χ4v) is 4.08. The van der Waals surface area contributed by atoms with Crippen LogP contribution in [0.4, 0.5) is 4.79 Å². The van der Waals surface area contributed by atoms with Gasteiger partial charge in [0.1, 0.15) is 6.04 Å². The molecule has 2 aliphatic heterocycles. The first-order chi connectivity index (χ1) is 12.0. The van der Waals surface area contributed by atoms with Gasteiger partial charge in [0.2, 0.25) is 5.91 Å². The second-order valence-electron chi connectivity index (χ2n) is 7.26. The summed E-state index contributed by atoms with van der Waals surface area (Å²) in [6.07, 6.45) is 5.20. The van der Waals surface area contributed by atoms with Gasteiger partial charge in [0.25, 0.3) is 0 Å². The van der Waals surface area contributed by atoms with Crippen molar-refractivity contribution in [2.75, 3.05) is 19.6 Å². The molecule has 7 heteroatoms. The van der Waals surface area contributed by atoms with Crippen LogP contribution in [0.25, 0.3) is 0 Å². The van der Waals surface area contributed by atoms with E-state index in [1.165, 1.54) is 6.42 Å². The second kappa shape index (κ2) is 7.45. The number of carbonyl (C=O) groups is 2. The Kier molecular flexibility index (Phi) is 5.30. The number of aryl methyl sites for hydroxylation is 2. The lowest BCUT2D eigenvalue weighted by atomic mass is 10.0. The summed E-state index contributed by atoms with van der Waals surface area (Å²) in [5.74, 6) is 0.0273. The van der Waals surface area contributed by atoms with Crippen LogP contribution in [0.15, 0.2) is 0 Å². The third kappa shape index (κ3) is 3.65. The molecule has 0 saturated carbocycles. The van der Waals surface area contributed by atoms with E-state index in [0.717, 1.165) is 55.7 Å². The van der Waals surface area contributed by atoms with Crippen molar-refractivity contribution in [3.05, 3.63) is 17.0 Å². The molecule has 0 unspecified atom stereocenters. The van der Waals surface area contributed by atoms with Gasteiger partial charge in [-0.1, -0.05) is 0 Å². The third-order valence-electron chi connectivity index (χ3n) is 5.41. The summed E-state index contributed by atoms with van der Waals surface area (Å²) in [6, 6.07) is -0.602. The van der Waals surface area contributed by atoms with E-state index in [2.05, 4.69) is 15.5 Å². The van der Waals surface area contributed by atoms with E-state index in [-0.39, 0.29) is 18.0 Å². The lowest BCUT2D eigenvalue weighted by molar-refractivity contribution is -0.133. The zero-order chi connectivity index (χ0) is 18.0. The molecular weight excluding hydrogens is 318 g/mol. The van der Waals surface area contributed by atoms with Crippen molar-refractivity contribution in [2.45, 2.75) is 65.0 Å². The maximum Gasteiger partial charge on any atom is 0.318 e. The van der Waals surface area contributed by atoms with Gasteiger partial charge < -0.3 is 15.1 Å². The van der Waals surface area contributed by atoms with Gasteiger partial charge in [0, 0.05) is 30.9 Å². The molecule has 1 aromatic heterocycles. The average molecular weight is 347 g/mol. The van der Waals surface area contributed by atoms with Gasteiger partial charge in [0.15, 0.2) is 0 Å². The van der Waals surface area contributed by atoms with Gasteiger partial charge in [0.05, 0.1) is 11.7 Å². The Morgan fingerprint density at radius 1 is 1.16 bits per heavy atom. The minimum Gasteiger partial charge on any atom is -0.341 e. The summed E-state index contributed by atoms with van der Waals surface area (Å²) in [7, 11) is 0. The van der Waals surface area contributed by atoms with E-state index in [9.17, 15) is 9.59 Å². The first-order valence-electron chi connectivity index (χ1n) is 9.36. The number of aromatic nitrogens is 2. The summed E-state index contributed by atoms with van der Waals surface area (Å²) < 4.78 is 0. The van der Waals surface area contributed by atoms with Crippen molar-refractivity contribution in [1.82, 2.24) is 25.3 Å². The monoisotopic (exact) mass is 347 g/mol. The Balaban J connectivity index is 1.64. The number of piperidine rings is 1. The average Bonchev–Trinajstić information content (AvgIpc) is 3.21. The minimum atomic E-state index is -0.488. The van der Waals surface area contributed by atoms with E-state index in [0.29, 0.717) is 6.54 Å². The normalized spacial score (nSPS) is 22.1. The Bertz CT molecular complexity index is 616. The fourth-order valence-electron chi connectivity index (χ4n) is 4.08. The predicted molar refractivity (Wildman–Crippen MR) is 95.2 cm³/mol. The lowest BCUT2D eigenvalue weighted by Crippen LogP contribution is -2.51. The highest BCUT2D eigenvalue weighted by Gasteiger charge is 2.34. The highest BCUT2D eigenvalue weighted by molar-refractivity contribution is 5.87. The number of urea groups is 1. The number of H-pyrrole nitrogens is 1. The van der Waals surface area contributed by atoms with Crippen LogP contribution in [0.5, 0.6) is 0 Å². The van der Waals surface area contributed by atoms with E-state index < -0.39 is 6.04 Å². The number of likely N-dealkylation sites (tertiary alicyclic amines) is 2. The molecule has 138 valence electrons. The van der Waals surface area contributed by atoms with Crippen molar-refractivity contribution in [3.63, 3.8) is 0 Å². The van der Waals surface area contributed by atoms with E-state index >= 15 is 0 Å². The summed E-state index contributed by atoms with van der Waals surface area (Å²) in [5.41, 5.74) is 3.07. The van der Waals surface area contributed by atoms with Crippen molar-refractivity contribution in [1.29, 1.82) is 0 Å². The van der Waals surface area contributed by atoms with E-state index in [1.807, 2.05) is 23.6 Å². The van der Waals surface area contributed by atoms with Gasteiger partial charge in [-0.05, 0) is 52.9 Å². The highest BCUT2D eigenvalue weighted by atomic mass is 16.2. The van der Waals surface area contributed by atoms with Crippen LogP contribution in [0, 0.1) is 13.8 Å². The fraction of sp³-hybridized carbons (Fsp3) is 0.722. The number of carbonyl (C=O) groups excluding carboxylic acids is 2. The van der Waals surface area contributed by atoms with E-state index in [4.69, 9.17) is 0 Å². The molecule has 3 heterocycles. The van der Waals surface area contributed by atoms with Gasteiger partial charge in [-0.25, -0.2) is 4.79 Å². The quantitative estimate of drug-likeness (QED) is 0.880. The first kappa shape index (κ1) is 17.8. The number of nitrogens with one attached hydrogen (secondary N) is 2. The molecule has 2 atom stereocenters. The molecule has 2 aliphatic rings. The molecule has 25 heavy (non-hydrogen) atoms. The highest BCUT2D eigenvalue weighted by Crippen LogP contribution is 2.34. The predicted octanol–water partition coefficient (Wildman–Crippen LogP) is 2.27. The number of nitrogens with zero attached hydrogens (tertiary/aromatic N) is 3. The summed E-state index contributed by atoms with van der Waals surface area (Å²) in [5, 5.41) is 10.2. The molecule has 2 N–H and O–H groups in total. The van der Waals surface area contributed by atoms with Crippen molar-refractivity contribution in [3.8, 4) is 0 Å². The number of aromatic amines is 1. The summed E-state index contributed by atoms with van der Waals surface area (Å²) >= 11 is 0. The topological polar surface area (TPSA) is 81.3 Å². The molecular formula is C18H29N5O2. The van der Waals surface area contributed by atoms with Crippen molar-refractivity contribution in [2.24, 2.45) is 0 Å². The van der Waals surface area contributed by atoms with Crippen LogP contribution in [0.2, 0.25) is 0 Å². The molecule has 1 aromatic rings. The molecule has 2 saturated heterocycles. The molecule has 7 nitrogen and oxygen atoms in total. The number of hydrogen-bond acceptors (Lipinski definition) is 3. The Morgan fingerprint density at radius 3 is 2.52 bits per heavy atom. The largest absolute Gasteiger partial charge is 0.341 e. The van der Waals surface area contributed by atoms with Gasteiger partial charge in [-0.2, -0.15) is 5.10 Å². The lowest BCUT2D eigenvalue weighted by Gasteiger charge is -2.31. The molecule has 2 fully saturated rings. The van der Waals surface area contributed by atoms with Crippen LogP contribution in [0.3, 0.4) is 0 Å². The third-order valence-corrected chi connectivity index (χ3v) is 5.41. The smallest absolute Gasteiger partial charge is 0.318 e. The summed E-state index contributed by atoms with van der Waals surface area (Å²) in [4.78, 5) is 29.1. The van der Waals surface area contributed by atoms with Crippen LogP contribution in [-0.4, -0.2) is 57.6 Å². The molecule has 0 aliphatic carbocycles. The van der Waals surface area contributed by atoms with Gasteiger partial charge in [-0.15, -0.1) is 0 Å². The molecule has 3 amide bonds.